The minimum atomic E-state index is 0.664. The van der Waals surface area contributed by atoms with E-state index in [0.717, 1.165) is 26.2 Å². The molecule has 6 heteroatoms. The van der Waals surface area contributed by atoms with Crippen molar-refractivity contribution in [3.8, 4) is 0 Å². The topological polar surface area (TPSA) is 87.6 Å². The Balaban J connectivity index is 0. The van der Waals surface area contributed by atoms with Crippen LogP contribution in [0.2, 0.25) is 0 Å². The van der Waals surface area contributed by atoms with Gasteiger partial charge >= 0.3 is 0 Å². The summed E-state index contributed by atoms with van der Waals surface area (Å²) in [6, 6.07) is 0. The fourth-order valence-corrected chi connectivity index (χ4v) is 1.84. The van der Waals surface area contributed by atoms with Crippen molar-refractivity contribution < 1.29 is 4.79 Å². The molecule has 1 aliphatic rings. The summed E-state index contributed by atoms with van der Waals surface area (Å²) >= 11 is 0. The minimum absolute atomic E-state index is 0.664. The highest BCUT2D eigenvalue weighted by molar-refractivity contribution is 5.45. The number of hydrogen-bond acceptors (Lipinski definition) is 5. The normalized spacial score (nSPS) is 14.1. The molecule has 1 amide bonds. The predicted molar refractivity (Wildman–Crippen MR) is 86.7 cm³/mol. The summed E-state index contributed by atoms with van der Waals surface area (Å²) < 4.78 is 0. The van der Waals surface area contributed by atoms with Crippen molar-refractivity contribution in [3.63, 3.8) is 0 Å². The van der Waals surface area contributed by atoms with Crippen LogP contribution in [-0.2, 0) is 4.79 Å². The first-order valence-corrected chi connectivity index (χ1v) is 7.72. The highest BCUT2D eigenvalue weighted by atomic mass is 16.1. The van der Waals surface area contributed by atoms with Crippen LogP contribution in [0.25, 0.3) is 0 Å². The van der Waals surface area contributed by atoms with Gasteiger partial charge in [0.1, 0.15) is 0 Å². The monoisotopic (exact) mass is 289 g/mol. The Morgan fingerprint density at radius 3 is 2.20 bits per heavy atom. The number of nitrogens with two attached hydrogens (primary N) is 2. The molecule has 20 heavy (non-hydrogen) atoms. The van der Waals surface area contributed by atoms with Crippen LogP contribution in [-0.4, -0.2) is 75.6 Å². The zero-order valence-electron chi connectivity index (χ0n) is 13.6. The fourth-order valence-electron chi connectivity index (χ4n) is 1.84. The lowest BCUT2D eigenvalue weighted by Gasteiger charge is -2.13. The van der Waals surface area contributed by atoms with E-state index in [2.05, 4.69) is 15.1 Å². The number of nitrogens with one attached hydrogen (secondary N) is 1. The number of hydrogen-bond donors (Lipinski definition) is 3. The third-order valence-electron chi connectivity index (χ3n) is 2.88. The standard InChI is InChI=1S/C6H15N3O.C6H14N2.C2H6/c1-9(4-2-7)5-3-8-6-10;7-3-6-8-4-1-2-5-8;1-2/h6H,2-5,7H2,1H3,(H,8,10);1-7H2;1-2H3. The third-order valence-corrected chi connectivity index (χ3v) is 2.88. The molecule has 122 valence electrons. The van der Waals surface area contributed by atoms with E-state index in [1.807, 2.05) is 20.9 Å². The summed E-state index contributed by atoms with van der Waals surface area (Å²) in [7, 11) is 1.97. The summed E-state index contributed by atoms with van der Waals surface area (Å²) in [6.07, 6.45) is 3.45. The summed E-state index contributed by atoms with van der Waals surface area (Å²) in [5.74, 6) is 0. The van der Waals surface area contributed by atoms with E-state index in [-0.39, 0.29) is 0 Å². The maximum Gasteiger partial charge on any atom is 0.207 e. The summed E-state index contributed by atoms with van der Waals surface area (Å²) in [6.45, 7) is 11.6. The molecule has 0 aromatic carbocycles. The van der Waals surface area contributed by atoms with Crippen molar-refractivity contribution in [1.82, 2.24) is 15.1 Å². The first-order valence-electron chi connectivity index (χ1n) is 7.72. The van der Waals surface area contributed by atoms with E-state index in [0.29, 0.717) is 19.5 Å². The number of likely N-dealkylation sites (N-methyl/N-ethyl adjacent to an activating group) is 1. The number of carbonyl (C=O) groups excluding carboxylic acids is 1. The molecule has 1 saturated heterocycles. The van der Waals surface area contributed by atoms with Gasteiger partial charge in [0.05, 0.1) is 0 Å². The van der Waals surface area contributed by atoms with E-state index in [1.54, 1.807) is 0 Å². The molecule has 1 heterocycles. The van der Waals surface area contributed by atoms with Crippen LogP contribution in [0.15, 0.2) is 0 Å². The van der Waals surface area contributed by atoms with Gasteiger partial charge in [0, 0.05) is 39.3 Å². The molecule has 0 atom stereocenters. The minimum Gasteiger partial charge on any atom is -0.357 e. The fraction of sp³-hybridized carbons (Fsp3) is 0.929. The van der Waals surface area contributed by atoms with Crippen molar-refractivity contribution in [2.24, 2.45) is 11.5 Å². The maximum atomic E-state index is 9.79. The number of carbonyl (C=O) groups is 1. The van der Waals surface area contributed by atoms with Crippen LogP contribution in [0.5, 0.6) is 0 Å². The van der Waals surface area contributed by atoms with Crippen molar-refractivity contribution in [3.05, 3.63) is 0 Å². The molecular weight excluding hydrogens is 254 g/mol. The van der Waals surface area contributed by atoms with Crippen LogP contribution in [0.3, 0.4) is 0 Å². The number of likely N-dealkylation sites (tertiary alicyclic amines) is 1. The molecule has 5 N–H and O–H groups in total. The van der Waals surface area contributed by atoms with Gasteiger partial charge in [-0.2, -0.15) is 0 Å². The molecule has 1 fully saturated rings. The molecule has 0 unspecified atom stereocenters. The highest BCUT2D eigenvalue weighted by Gasteiger charge is 2.08. The molecule has 0 spiro atoms. The lowest BCUT2D eigenvalue weighted by atomic mass is 10.4. The molecule has 1 rings (SSSR count). The zero-order chi connectivity index (χ0) is 15.6. The predicted octanol–water partition coefficient (Wildman–Crippen LogP) is -0.310. The molecule has 0 aromatic rings. The van der Waals surface area contributed by atoms with E-state index in [9.17, 15) is 4.79 Å². The van der Waals surface area contributed by atoms with Crippen molar-refractivity contribution in [2.75, 3.05) is 59.4 Å². The SMILES string of the molecule is CC.CN(CCN)CCNC=O.NCCN1CCCC1. The van der Waals surface area contributed by atoms with Gasteiger partial charge in [-0.25, -0.2) is 0 Å². The average Bonchev–Trinajstić information content (AvgIpc) is 2.96. The Bertz CT molecular complexity index is 186. The van der Waals surface area contributed by atoms with Gasteiger partial charge in [-0.3, -0.25) is 4.79 Å². The Morgan fingerprint density at radius 2 is 1.75 bits per heavy atom. The van der Waals surface area contributed by atoms with E-state index >= 15 is 0 Å². The van der Waals surface area contributed by atoms with Crippen molar-refractivity contribution in [2.45, 2.75) is 26.7 Å². The van der Waals surface area contributed by atoms with Gasteiger partial charge < -0.3 is 26.6 Å². The van der Waals surface area contributed by atoms with Crippen LogP contribution in [0.1, 0.15) is 26.7 Å². The van der Waals surface area contributed by atoms with E-state index in [1.165, 1.54) is 25.9 Å². The van der Waals surface area contributed by atoms with Gasteiger partial charge in [-0.05, 0) is 33.0 Å². The maximum absolute atomic E-state index is 9.79. The number of rotatable bonds is 8. The van der Waals surface area contributed by atoms with Gasteiger partial charge in [-0.15, -0.1) is 0 Å². The lowest BCUT2D eigenvalue weighted by Crippen LogP contribution is -2.32. The van der Waals surface area contributed by atoms with E-state index in [4.69, 9.17) is 11.5 Å². The highest BCUT2D eigenvalue weighted by Crippen LogP contribution is 2.04. The Labute approximate surface area is 124 Å². The third kappa shape index (κ3) is 15.4. The second-order valence-corrected chi connectivity index (χ2v) is 4.50. The summed E-state index contributed by atoms with van der Waals surface area (Å²) in [4.78, 5) is 14.3. The number of nitrogens with zero attached hydrogens (tertiary/aromatic N) is 2. The second-order valence-electron chi connectivity index (χ2n) is 4.50. The van der Waals surface area contributed by atoms with Crippen LogP contribution in [0, 0.1) is 0 Å². The summed E-state index contributed by atoms with van der Waals surface area (Å²) in [5, 5.41) is 2.57. The average molecular weight is 289 g/mol. The second kappa shape index (κ2) is 18.3. The Morgan fingerprint density at radius 1 is 1.15 bits per heavy atom. The molecule has 0 bridgehead atoms. The van der Waals surface area contributed by atoms with Crippen LogP contribution >= 0.6 is 0 Å². The number of amides is 1. The Kier molecular flexibility index (Phi) is 19.8. The molecule has 0 aliphatic carbocycles. The zero-order valence-corrected chi connectivity index (χ0v) is 13.6. The van der Waals surface area contributed by atoms with Gasteiger partial charge in [0.2, 0.25) is 6.41 Å². The van der Waals surface area contributed by atoms with Crippen LogP contribution in [0.4, 0.5) is 0 Å². The first-order chi connectivity index (χ1) is 9.74. The summed E-state index contributed by atoms with van der Waals surface area (Å²) in [5.41, 5.74) is 10.7. The molecule has 0 saturated carbocycles. The van der Waals surface area contributed by atoms with Crippen molar-refractivity contribution in [1.29, 1.82) is 0 Å². The largest absolute Gasteiger partial charge is 0.357 e. The van der Waals surface area contributed by atoms with Gasteiger partial charge in [0.25, 0.3) is 0 Å². The van der Waals surface area contributed by atoms with Gasteiger partial charge in [0.15, 0.2) is 0 Å². The molecule has 6 nitrogen and oxygen atoms in total. The molecule has 0 aromatic heterocycles. The smallest absolute Gasteiger partial charge is 0.207 e. The lowest BCUT2D eigenvalue weighted by molar-refractivity contribution is -0.109. The Hall–Kier alpha value is -0.690. The van der Waals surface area contributed by atoms with Gasteiger partial charge in [-0.1, -0.05) is 13.8 Å². The van der Waals surface area contributed by atoms with E-state index < -0.39 is 0 Å². The quantitative estimate of drug-likeness (QED) is 0.421. The molecule has 0 radical (unpaired) electrons. The molecular formula is C14H35N5O. The van der Waals surface area contributed by atoms with Crippen molar-refractivity contribution >= 4 is 6.41 Å². The van der Waals surface area contributed by atoms with Crippen LogP contribution < -0.4 is 16.8 Å². The first kappa shape index (κ1) is 21.6. The molecule has 1 aliphatic heterocycles.